The van der Waals surface area contributed by atoms with Crippen LogP contribution >= 0.6 is 0 Å². The van der Waals surface area contributed by atoms with Crippen molar-refractivity contribution in [1.82, 2.24) is 0 Å². The molecule has 0 atom stereocenters. The van der Waals surface area contributed by atoms with Crippen molar-refractivity contribution in [1.29, 1.82) is 0 Å². The summed E-state index contributed by atoms with van der Waals surface area (Å²) in [5.74, 6) is 0. The fourth-order valence-electron chi connectivity index (χ4n) is 0.880. The standard InChI is InChI=1S/2C4H8O2.4C3H5.Gd.Li/c2*1-2-6-4-3-5-1;4*1-3-2;;/h2*1-4H2;4*3H,1-2H2;;. The van der Waals surface area contributed by atoms with Crippen molar-refractivity contribution in [3.8, 4) is 0 Å². The molecule has 0 aromatic carbocycles. The molecule has 6 heteroatoms. The van der Waals surface area contributed by atoms with E-state index in [4.69, 9.17) is 18.9 Å². The predicted molar refractivity (Wildman–Crippen MR) is 109 cm³/mol. The Labute approximate surface area is 210 Å². The minimum absolute atomic E-state index is 0. The van der Waals surface area contributed by atoms with Gasteiger partial charge in [-0.1, -0.05) is 0 Å². The van der Waals surface area contributed by atoms with E-state index in [0.29, 0.717) is 0 Å². The maximum absolute atomic E-state index is 4.94. The van der Waals surface area contributed by atoms with Crippen LogP contribution in [0, 0.1) is 121 Å². The number of ether oxygens (including phenoxy) is 4. The van der Waals surface area contributed by atoms with E-state index in [1.807, 2.05) is 0 Å². The van der Waals surface area contributed by atoms with Crippen LogP contribution in [0.15, 0.2) is 0 Å². The second-order valence-electron chi connectivity index (χ2n) is 3.60. The molecule has 0 saturated carbocycles. The molecule has 0 amide bonds. The minimum Gasteiger partial charge on any atom is -0.377 e. The molecular formula is C20H36GdLiO4. The van der Waals surface area contributed by atoms with Crippen molar-refractivity contribution in [3.05, 3.63) is 81.1 Å². The topological polar surface area (TPSA) is 36.9 Å². The first kappa shape index (κ1) is 42.0. The maximum atomic E-state index is 4.94. The molecule has 2 aliphatic rings. The Hall–Kier alpha value is 1.76. The Kier molecular flexibility index (Phi) is 90.9. The third kappa shape index (κ3) is 83.4. The molecule has 2 aliphatic heterocycles. The third-order valence-corrected chi connectivity index (χ3v) is 1.49. The first-order valence-electron chi connectivity index (χ1n) is 7.58. The van der Waals surface area contributed by atoms with Gasteiger partial charge in [-0.05, 0) is 81.1 Å². The Morgan fingerprint density at radius 1 is 0.385 bits per heavy atom. The van der Waals surface area contributed by atoms with Crippen LogP contribution in [0.25, 0.3) is 0 Å². The average molecular weight is 505 g/mol. The minimum atomic E-state index is 0. The van der Waals surface area contributed by atoms with E-state index in [2.05, 4.69) is 55.4 Å². The second-order valence-corrected chi connectivity index (χ2v) is 3.60. The van der Waals surface area contributed by atoms with Crippen LogP contribution in [0.4, 0.5) is 0 Å². The molecule has 0 unspecified atom stereocenters. The smallest absolute Gasteiger partial charge is 0.0701 e. The van der Waals surface area contributed by atoms with E-state index in [0.717, 1.165) is 52.9 Å². The molecule has 2 saturated heterocycles. The summed E-state index contributed by atoms with van der Waals surface area (Å²) in [4.78, 5) is 0. The molecule has 13 radical (unpaired) electrons. The summed E-state index contributed by atoms with van der Waals surface area (Å²) in [6.07, 6.45) is 6.00. The molecule has 0 aromatic heterocycles. The van der Waals surface area contributed by atoms with E-state index < -0.39 is 0 Å². The average Bonchev–Trinajstić information content (AvgIpc) is 2.61. The van der Waals surface area contributed by atoms with Gasteiger partial charge in [-0.3, -0.25) is 0 Å². The number of hydrogen-bond donors (Lipinski definition) is 0. The van der Waals surface area contributed by atoms with Crippen LogP contribution in [0.5, 0.6) is 0 Å². The molecule has 0 aromatic rings. The molecule has 4 nitrogen and oxygen atoms in total. The Bertz CT molecular complexity index is 105. The van der Waals surface area contributed by atoms with E-state index in [1.165, 1.54) is 25.7 Å². The summed E-state index contributed by atoms with van der Waals surface area (Å²) >= 11 is 0. The van der Waals surface area contributed by atoms with Gasteiger partial charge in [0.1, 0.15) is 0 Å². The Morgan fingerprint density at radius 3 is 0.500 bits per heavy atom. The summed E-state index contributed by atoms with van der Waals surface area (Å²) in [5, 5.41) is 0. The van der Waals surface area contributed by atoms with Gasteiger partial charge in [0, 0.05) is 58.8 Å². The van der Waals surface area contributed by atoms with Crippen molar-refractivity contribution in [2.24, 2.45) is 0 Å². The monoisotopic (exact) mass is 505 g/mol. The van der Waals surface area contributed by atoms with Crippen LogP contribution in [0.2, 0.25) is 0 Å². The van der Waals surface area contributed by atoms with E-state index in [-0.39, 0.29) is 58.8 Å². The third-order valence-electron chi connectivity index (χ3n) is 1.49. The first-order valence-corrected chi connectivity index (χ1v) is 7.58. The Balaban J connectivity index is -0.0000000474. The van der Waals surface area contributed by atoms with Gasteiger partial charge in [0.2, 0.25) is 0 Å². The molecule has 0 aliphatic carbocycles. The Morgan fingerprint density at radius 2 is 0.462 bits per heavy atom. The fourth-order valence-corrected chi connectivity index (χ4v) is 0.880. The van der Waals surface area contributed by atoms with Crippen molar-refractivity contribution in [2.45, 2.75) is 0 Å². The van der Waals surface area contributed by atoms with Gasteiger partial charge >= 0.3 is 0 Å². The molecule has 26 heavy (non-hydrogen) atoms. The molecule has 0 spiro atoms. The van der Waals surface area contributed by atoms with Crippen LogP contribution < -0.4 is 0 Å². The van der Waals surface area contributed by atoms with Crippen molar-refractivity contribution in [3.63, 3.8) is 0 Å². The van der Waals surface area contributed by atoms with E-state index in [9.17, 15) is 0 Å². The number of hydrogen-bond acceptors (Lipinski definition) is 4. The van der Waals surface area contributed by atoms with Gasteiger partial charge in [0.25, 0.3) is 0 Å². The van der Waals surface area contributed by atoms with Crippen LogP contribution in [0.3, 0.4) is 0 Å². The second kappa shape index (κ2) is 56.3. The predicted octanol–water partition coefficient (Wildman–Crippen LogP) is 3.12. The zero-order chi connectivity index (χ0) is 19.3. The molecule has 149 valence electrons. The molecular weight excluding hydrogens is 468 g/mol. The van der Waals surface area contributed by atoms with Crippen molar-refractivity contribution < 1.29 is 58.9 Å². The van der Waals surface area contributed by atoms with Crippen LogP contribution in [-0.4, -0.2) is 71.7 Å². The fraction of sp³-hybridized carbons (Fsp3) is 0.400. The van der Waals surface area contributed by atoms with Crippen LogP contribution in [0.1, 0.15) is 0 Å². The SMILES string of the molecule is C1COCCO1.C1COCCO1.[CH2][CH][CH2].[CH2][CH][CH2].[CH2][CH][CH2].[CH2][CH][CH2].[Gd].[Li]. The summed E-state index contributed by atoms with van der Waals surface area (Å²) in [7, 11) is 0. The van der Waals surface area contributed by atoms with E-state index >= 15 is 0 Å². The van der Waals surface area contributed by atoms with Gasteiger partial charge < -0.3 is 18.9 Å². The normalized spacial score (nSPS) is 13.8. The zero-order valence-corrected chi connectivity index (χ0v) is 18.9. The summed E-state index contributed by atoms with van der Waals surface area (Å²) < 4.78 is 19.8. The van der Waals surface area contributed by atoms with Gasteiger partial charge in [0.05, 0.1) is 52.9 Å². The molecule has 2 heterocycles. The van der Waals surface area contributed by atoms with E-state index in [1.54, 1.807) is 0 Å². The van der Waals surface area contributed by atoms with Gasteiger partial charge in [0.15, 0.2) is 0 Å². The number of rotatable bonds is 0. The zero-order valence-electron chi connectivity index (χ0n) is 16.6. The largest absolute Gasteiger partial charge is 0.377 e. The molecule has 2 fully saturated rings. The summed E-state index contributed by atoms with van der Waals surface area (Å²) in [6.45, 7) is 32.2. The van der Waals surface area contributed by atoms with Gasteiger partial charge in [-0.15, -0.1) is 0 Å². The quantitative estimate of drug-likeness (QED) is 0.475. The van der Waals surface area contributed by atoms with Gasteiger partial charge in [-0.2, -0.15) is 0 Å². The van der Waals surface area contributed by atoms with Gasteiger partial charge in [-0.25, -0.2) is 0 Å². The first-order chi connectivity index (χ1) is 11.7. The molecule has 0 N–H and O–H groups in total. The summed E-state index contributed by atoms with van der Waals surface area (Å²) in [6, 6.07) is 0. The summed E-state index contributed by atoms with van der Waals surface area (Å²) in [5.41, 5.74) is 0. The van der Waals surface area contributed by atoms with Crippen LogP contribution in [-0.2, 0) is 18.9 Å². The molecule has 0 bridgehead atoms. The van der Waals surface area contributed by atoms with Crippen molar-refractivity contribution in [2.75, 3.05) is 52.9 Å². The maximum Gasteiger partial charge on any atom is 0.0701 e. The molecule has 2 rings (SSSR count). The van der Waals surface area contributed by atoms with Crippen molar-refractivity contribution >= 4 is 18.9 Å².